The zero-order valence-corrected chi connectivity index (χ0v) is 18.3. The monoisotopic (exact) mass is 424 g/mol. The van der Waals surface area contributed by atoms with E-state index in [0.29, 0.717) is 11.8 Å². The summed E-state index contributed by atoms with van der Waals surface area (Å²) in [4.78, 5) is 25.5. The summed E-state index contributed by atoms with van der Waals surface area (Å²) in [5.74, 6) is 2.18. The van der Waals surface area contributed by atoms with E-state index in [0.717, 1.165) is 75.0 Å². The number of nitrogens with one attached hydrogen (secondary N) is 2. The van der Waals surface area contributed by atoms with E-state index in [-0.39, 0.29) is 22.8 Å². The van der Waals surface area contributed by atoms with Crippen LogP contribution in [0.3, 0.4) is 0 Å². The number of hydrogen-bond acceptors (Lipinski definition) is 4. The minimum Gasteiger partial charge on any atom is -0.448 e. The fraction of sp³-hybridized carbons (Fsp3) is 0.680. The number of carbonyl (C=O) groups excluding carboxylic acids is 2. The van der Waals surface area contributed by atoms with Gasteiger partial charge in [-0.2, -0.15) is 0 Å². The van der Waals surface area contributed by atoms with Gasteiger partial charge in [0.25, 0.3) is 5.79 Å². The van der Waals surface area contributed by atoms with Crippen LogP contribution in [-0.2, 0) is 9.59 Å². The van der Waals surface area contributed by atoms with Crippen LogP contribution in [-0.4, -0.2) is 23.1 Å². The molecule has 0 radical (unpaired) electrons. The van der Waals surface area contributed by atoms with Gasteiger partial charge in [0.15, 0.2) is 11.5 Å². The molecule has 1 aromatic rings. The molecule has 2 amide bonds. The second kappa shape index (κ2) is 6.63. The number of ether oxygens (including phenoxy) is 2. The van der Waals surface area contributed by atoms with Crippen molar-refractivity contribution >= 4 is 17.5 Å². The predicted octanol–water partition coefficient (Wildman–Crippen LogP) is 4.53. The summed E-state index contributed by atoms with van der Waals surface area (Å²) in [6, 6.07) is 5.76. The molecule has 2 N–H and O–H groups in total. The lowest BCUT2D eigenvalue weighted by molar-refractivity contribution is -0.148. The molecule has 6 nitrogen and oxygen atoms in total. The van der Waals surface area contributed by atoms with Crippen LogP contribution in [0.2, 0.25) is 0 Å². The molecule has 1 heterocycles. The summed E-state index contributed by atoms with van der Waals surface area (Å²) in [5.41, 5.74) is 0.188. The van der Waals surface area contributed by atoms with E-state index in [1.54, 1.807) is 6.92 Å². The van der Waals surface area contributed by atoms with E-state index in [1.165, 1.54) is 12.8 Å². The molecule has 1 spiro atoms. The van der Waals surface area contributed by atoms with Crippen molar-refractivity contribution in [3.05, 3.63) is 18.2 Å². The first-order valence-electron chi connectivity index (χ1n) is 12.0. The molecule has 7 rings (SSSR count). The van der Waals surface area contributed by atoms with Gasteiger partial charge in [-0.25, -0.2) is 0 Å². The van der Waals surface area contributed by atoms with Gasteiger partial charge < -0.3 is 20.1 Å². The third-order valence-electron chi connectivity index (χ3n) is 8.39. The van der Waals surface area contributed by atoms with Crippen molar-refractivity contribution in [3.8, 4) is 11.5 Å². The normalized spacial score (nSPS) is 36.4. The molecule has 166 valence electrons. The number of anilines is 1. The van der Waals surface area contributed by atoms with Gasteiger partial charge in [-0.3, -0.25) is 9.59 Å². The summed E-state index contributed by atoms with van der Waals surface area (Å²) in [5, 5.41) is 6.45. The Kier molecular flexibility index (Phi) is 4.16. The summed E-state index contributed by atoms with van der Waals surface area (Å²) in [6.07, 6.45) is 11.2. The Bertz CT molecular complexity index is 921. The predicted molar refractivity (Wildman–Crippen MR) is 116 cm³/mol. The number of benzene rings is 1. The zero-order chi connectivity index (χ0) is 21.3. The first-order chi connectivity index (χ1) is 14.9. The Morgan fingerprint density at radius 2 is 1.68 bits per heavy atom. The molecule has 6 aliphatic rings. The highest BCUT2D eigenvalue weighted by molar-refractivity contribution is 5.96. The standard InChI is InChI=1S/C25H32N2O4/c1-16(28)27-24-13-17-9-18(14-24)12-23(11-17,15-24)22(29)26-19-5-6-20-21(10-19)31-25(30-20)7-3-2-4-8-25/h5-6,10,17-18H,2-4,7-9,11-15H2,1H3,(H,26,29)(H,27,28)/t17-,18+,23?,24?. The van der Waals surface area contributed by atoms with Crippen molar-refractivity contribution in [1.29, 1.82) is 0 Å². The van der Waals surface area contributed by atoms with Gasteiger partial charge in [0, 0.05) is 37.1 Å². The lowest BCUT2D eigenvalue weighted by Crippen LogP contribution is -2.65. The van der Waals surface area contributed by atoms with Gasteiger partial charge in [-0.05, 0) is 75.3 Å². The maximum atomic E-state index is 13.6. The summed E-state index contributed by atoms with van der Waals surface area (Å²) in [7, 11) is 0. The first-order valence-corrected chi connectivity index (χ1v) is 12.0. The van der Waals surface area contributed by atoms with Gasteiger partial charge in [0.2, 0.25) is 11.8 Å². The Morgan fingerprint density at radius 3 is 2.39 bits per heavy atom. The lowest BCUT2D eigenvalue weighted by Gasteiger charge is -2.61. The fourth-order valence-electron chi connectivity index (χ4n) is 7.78. The molecule has 6 heteroatoms. The highest BCUT2D eigenvalue weighted by Crippen LogP contribution is 2.62. The largest absolute Gasteiger partial charge is 0.448 e. The molecule has 4 bridgehead atoms. The molecule has 2 unspecified atom stereocenters. The molecule has 5 fully saturated rings. The third-order valence-corrected chi connectivity index (χ3v) is 8.39. The van der Waals surface area contributed by atoms with Crippen LogP contribution in [0.4, 0.5) is 5.69 Å². The van der Waals surface area contributed by atoms with E-state index in [4.69, 9.17) is 9.47 Å². The number of rotatable bonds is 3. The fourth-order valence-corrected chi connectivity index (χ4v) is 7.78. The van der Waals surface area contributed by atoms with Crippen LogP contribution < -0.4 is 20.1 Å². The van der Waals surface area contributed by atoms with Gasteiger partial charge in [-0.1, -0.05) is 6.42 Å². The molecule has 4 atom stereocenters. The quantitative estimate of drug-likeness (QED) is 0.747. The highest BCUT2D eigenvalue weighted by Gasteiger charge is 2.61. The average Bonchev–Trinajstić information content (AvgIpc) is 3.03. The molecule has 0 aromatic heterocycles. The van der Waals surface area contributed by atoms with Gasteiger partial charge in [0.05, 0.1) is 5.41 Å². The lowest BCUT2D eigenvalue weighted by atomic mass is 9.46. The molecular formula is C25H32N2O4. The molecule has 31 heavy (non-hydrogen) atoms. The van der Waals surface area contributed by atoms with Crippen LogP contribution in [0, 0.1) is 17.3 Å². The number of carbonyl (C=O) groups is 2. The van der Waals surface area contributed by atoms with Crippen LogP contribution in [0.1, 0.15) is 77.6 Å². The second-order valence-electron chi connectivity index (χ2n) is 11.0. The number of fused-ring (bicyclic) bond motifs is 1. The molecule has 1 aromatic carbocycles. The topological polar surface area (TPSA) is 76.7 Å². The van der Waals surface area contributed by atoms with Gasteiger partial charge in [-0.15, -0.1) is 0 Å². The Labute approximate surface area is 183 Å². The maximum absolute atomic E-state index is 13.6. The van der Waals surface area contributed by atoms with E-state index in [2.05, 4.69) is 10.6 Å². The molecule has 1 aliphatic heterocycles. The average molecular weight is 425 g/mol. The maximum Gasteiger partial charge on any atom is 0.251 e. The van der Waals surface area contributed by atoms with E-state index < -0.39 is 5.79 Å². The summed E-state index contributed by atoms with van der Waals surface area (Å²) >= 11 is 0. The zero-order valence-electron chi connectivity index (χ0n) is 18.3. The molecule has 5 saturated carbocycles. The van der Waals surface area contributed by atoms with Crippen LogP contribution in [0.15, 0.2) is 18.2 Å². The van der Waals surface area contributed by atoms with Gasteiger partial charge in [0.1, 0.15) is 0 Å². The first kappa shape index (κ1) is 19.4. The van der Waals surface area contributed by atoms with Crippen LogP contribution in [0.5, 0.6) is 11.5 Å². The molecular weight excluding hydrogens is 392 g/mol. The van der Waals surface area contributed by atoms with Crippen LogP contribution >= 0.6 is 0 Å². The summed E-state index contributed by atoms with van der Waals surface area (Å²) in [6.45, 7) is 1.59. The van der Waals surface area contributed by atoms with E-state index >= 15 is 0 Å². The third kappa shape index (κ3) is 3.21. The van der Waals surface area contributed by atoms with E-state index in [9.17, 15) is 9.59 Å². The highest BCUT2D eigenvalue weighted by atomic mass is 16.7. The van der Waals surface area contributed by atoms with Crippen molar-refractivity contribution in [2.45, 2.75) is 88.9 Å². The summed E-state index contributed by atoms with van der Waals surface area (Å²) < 4.78 is 12.4. The SMILES string of the molecule is CC(=O)NC12C[C@H]3C[C@@H](C1)CC(C(=O)Nc1ccc4c(c1)OC1(CCCCC1)O4)(C3)C2. The van der Waals surface area contributed by atoms with Crippen LogP contribution in [0.25, 0.3) is 0 Å². The Balaban J connectivity index is 1.21. The van der Waals surface area contributed by atoms with Gasteiger partial charge >= 0.3 is 0 Å². The van der Waals surface area contributed by atoms with Crippen molar-refractivity contribution in [1.82, 2.24) is 5.32 Å². The van der Waals surface area contributed by atoms with Crippen molar-refractivity contribution in [2.24, 2.45) is 17.3 Å². The Hall–Kier alpha value is -2.24. The van der Waals surface area contributed by atoms with Crippen molar-refractivity contribution in [3.63, 3.8) is 0 Å². The van der Waals surface area contributed by atoms with Crippen molar-refractivity contribution in [2.75, 3.05) is 5.32 Å². The molecule has 0 saturated heterocycles. The second-order valence-corrected chi connectivity index (χ2v) is 11.0. The smallest absolute Gasteiger partial charge is 0.251 e. The number of hydrogen-bond donors (Lipinski definition) is 2. The minimum absolute atomic E-state index is 0.0184. The Morgan fingerprint density at radius 1 is 0.968 bits per heavy atom. The molecule has 5 aliphatic carbocycles. The minimum atomic E-state index is -0.506. The van der Waals surface area contributed by atoms with Crippen molar-refractivity contribution < 1.29 is 19.1 Å². The van der Waals surface area contributed by atoms with E-state index in [1.807, 2.05) is 18.2 Å². The number of amides is 2.